The fourth-order valence-electron chi connectivity index (χ4n) is 7.99. The summed E-state index contributed by atoms with van der Waals surface area (Å²) >= 11 is 0. The number of allylic oxidation sites excluding steroid dienone is 1. The fourth-order valence-corrected chi connectivity index (χ4v) is 7.99. The largest absolute Gasteiger partial charge is 0.466 e. The summed E-state index contributed by atoms with van der Waals surface area (Å²) in [5.74, 6) is -0.627. The first-order valence-electron chi connectivity index (χ1n) is 14.9. The van der Waals surface area contributed by atoms with Gasteiger partial charge in [0.15, 0.2) is 5.76 Å². The maximum Gasteiger partial charge on any atom is 0.330 e. The van der Waals surface area contributed by atoms with Crippen molar-refractivity contribution in [2.45, 2.75) is 70.1 Å². The third-order valence-corrected chi connectivity index (χ3v) is 9.67. The molecule has 0 radical (unpaired) electrons. The van der Waals surface area contributed by atoms with E-state index in [0.717, 1.165) is 31.1 Å². The number of methoxy groups -OCH3 is 1. The predicted octanol–water partition coefficient (Wildman–Crippen LogP) is 4.09. The molecule has 1 aromatic carbocycles. The number of anilines is 1. The van der Waals surface area contributed by atoms with Crippen molar-refractivity contribution in [1.82, 2.24) is 9.88 Å². The SMILES string of the molecule is COC(=O)/C=C/CC[C@H](NC(=O)c1oc2ccccc2c1C)C(=O)Nc1cccn(CC23CC4CC2CC(O)(C4)C3)c1=O. The highest BCUT2D eigenvalue weighted by Gasteiger charge is 2.63. The zero-order chi connectivity index (χ0) is 30.4. The lowest BCUT2D eigenvalue weighted by atomic mass is 9.73. The Bertz CT molecular complexity index is 1670. The minimum atomic E-state index is -1.02. The van der Waals surface area contributed by atoms with Crippen LogP contribution in [0.2, 0.25) is 0 Å². The summed E-state index contributed by atoms with van der Waals surface area (Å²) in [5, 5.41) is 17.3. The fraction of sp³-hybridized carbons (Fsp3) is 0.455. The molecule has 226 valence electrons. The van der Waals surface area contributed by atoms with E-state index in [-0.39, 0.29) is 28.8 Å². The summed E-state index contributed by atoms with van der Waals surface area (Å²) in [4.78, 5) is 51.9. The average molecular weight is 588 g/mol. The van der Waals surface area contributed by atoms with Gasteiger partial charge < -0.3 is 29.5 Å². The van der Waals surface area contributed by atoms with Crippen LogP contribution in [0.3, 0.4) is 0 Å². The molecule has 2 amide bonds. The van der Waals surface area contributed by atoms with Gasteiger partial charge >= 0.3 is 5.97 Å². The van der Waals surface area contributed by atoms with Gasteiger partial charge in [0.1, 0.15) is 17.3 Å². The number of amides is 2. The highest BCUT2D eigenvalue weighted by atomic mass is 16.5. The lowest BCUT2D eigenvalue weighted by Gasteiger charge is -2.37. The second kappa shape index (κ2) is 11.1. The number of ether oxygens (including phenoxy) is 1. The van der Waals surface area contributed by atoms with Crippen LogP contribution < -0.4 is 16.2 Å². The smallest absolute Gasteiger partial charge is 0.330 e. The molecule has 43 heavy (non-hydrogen) atoms. The van der Waals surface area contributed by atoms with E-state index < -0.39 is 29.4 Å². The summed E-state index contributed by atoms with van der Waals surface area (Å²) in [6.45, 7) is 2.28. The van der Waals surface area contributed by atoms with Gasteiger partial charge in [-0.05, 0) is 87.3 Å². The number of hydrogen-bond acceptors (Lipinski definition) is 7. The monoisotopic (exact) mass is 587 g/mol. The normalized spacial score (nSPS) is 26.2. The number of benzene rings is 1. The molecule has 0 spiro atoms. The number of hydrogen-bond donors (Lipinski definition) is 3. The van der Waals surface area contributed by atoms with Crippen LogP contribution in [0.4, 0.5) is 5.69 Å². The van der Waals surface area contributed by atoms with Crippen molar-refractivity contribution in [3.63, 3.8) is 0 Å². The van der Waals surface area contributed by atoms with E-state index in [1.165, 1.54) is 13.2 Å². The van der Waals surface area contributed by atoms with E-state index in [1.54, 1.807) is 42.0 Å². The average Bonchev–Trinajstić information content (AvgIpc) is 3.51. The van der Waals surface area contributed by atoms with Gasteiger partial charge in [0.25, 0.3) is 11.5 Å². The van der Waals surface area contributed by atoms with Crippen molar-refractivity contribution in [2.75, 3.05) is 12.4 Å². The zero-order valence-electron chi connectivity index (χ0n) is 24.4. The summed E-state index contributed by atoms with van der Waals surface area (Å²) in [6, 6.07) is 9.55. The lowest BCUT2D eigenvalue weighted by Crippen LogP contribution is -2.45. The molecule has 0 saturated heterocycles. The van der Waals surface area contributed by atoms with Crippen molar-refractivity contribution in [3.05, 3.63) is 76.4 Å². The quantitative estimate of drug-likeness (QED) is 0.240. The molecular weight excluding hydrogens is 550 g/mol. The van der Waals surface area contributed by atoms with E-state index in [1.807, 2.05) is 18.2 Å². The Hall–Kier alpha value is -4.18. The molecule has 10 nitrogen and oxygen atoms in total. The first kappa shape index (κ1) is 28.9. The van der Waals surface area contributed by atoms with E-state index in [2.05, 4.69) is 15.4 Å². The van der Waals surface area contributed by atoms with Crippen molar-refractivity contribution in [2.24, 2.45) is 17.3 Å². The lowest BCUT2D eigenvalue weighted by molar-refractivity contribution is -0.134. The number of rotatable bonds is 10. The minimum absolute atomic E-state index is 0.100. The Kier molecular flexibility index (Phi) is 7.50. The molecule has 0 aliphatic heterocycles. The predicted molar refractivity (Wildman–Crippen MR) is 159 cm³/mol. The van der Waals surface area contributed by atoms with Crippen molar-refractivity contribution in [3.8, 4) is 0 Å². The number of aliphatic hydroxyl groups is 1. The zero-order valence-corrected chi connectivity index (χ0v) is 24.4. The molecule has 2 heterocycles. The molecule has 4 bridgehead atoms. The number of pyridine rings is 1. The van der Waals surface area contributed by atoms with E-state index in [4.69, 9.17) is 4.42 Å². The maximum atomic E-state index is 13.5. The molecular formula is C33H37N3O7. The molecule has 10 heteroatoms. The standard InChI is InChI=1S/C33H37N3O7/c1-20-23-8-3-5-11-26(23)43-28(20)30(39)34-24(9-4-6-12-27(37)42-2)29(38)35-25-10-7-13-36(31(25)40)19-32-15-21-14-22(32)17-33(41,16-21)18-32/h3,5-8,10-13,21-22,24,41H,4,9,14-19H2,1-2H3,(H,34,39)(H,35,38)/b12-6+/t21?,22?,24-,32?,33?/m0/s1. The van der Waals surface area contributed by atoms with Crippen molar-refractivity contribution in [1.29, 1.82) is 0 Å². The Balaban J connectivity index is 1.20. The Labute approximate surface area is 249 Å². The van der Waals surface area contributed by atoms with Gasteiger partial charge in [-0.25, -0.2) is 4.79 Å². The Morgan fingerprint density at radius 1 is 1.19 bits per heavy atom. The second-order valence-electron chi connectivity index (χ2n) is 12.6. The van der Waals surface area contributed by atoms with Gasteiger partial charge in [-0.2, -0.15) is 0 Å². The molecule has 2 aromatic heterocycles. The molecule has 4 fully saturated rings. The summed E-state index contributed by atoms with van der Waals surface area (Å²) in [7, 11) is 1.27. The van der Waals surface area contributed by atoms with E-state index in [0.29, 0.717) is 42.4 Å². The number of nitrogens with zero attached hydrogens (tertiary/aromatic N) is 1. The second-order valence-corrected chi connectivity index (χ2v) is 12.6. The van der Waals surface area contributed by atoms with E-state index >= 15 is 0 Å². The highest BCUT2D eigenvalue weighted by molar-refractivity contribution is 6.03. The number of aromatic nitrogens is 1. The first-order valence-corrected chi connectivity index (χ1v) is 14.9. The summed E-state index contributed by atoms with van der Waals surface area (Å²) in [6.07, 6.45) is 9.48. The number of para-hydroxylation sites is 1. The van der Waals surface area contributed by atoms with Crippen LogP contribution >= 0.6 is 0 Å². The third kappa shape index (κ3) is 5.51. The molecule has 5 atom stereocenters. The number of esters is 1. The van der Waals surface area contributed by atoms with Crippen LogP contribution in [0.25, 0.3) is 11.0 Å². The number of nitrogens with one attached hydrogen (secondary N) is 2. The van der Waals surface area contributed by atoms with Gasteiger partial charge in [-0.15, -0.1) is 0 Å². The summed E-state index contributed by atoms with van der Waals surface area (Å²) in [5.41, 5.74) is 0.289. The van der Waals surface area contributed by atoms with Gasteiger partial charge in [0.05, 0.1) is 12.7 Å². The number of aryl methyl sites for hydroxylation is 1. The maximum absolute atomic E-state index is 13.5. The summed E-state index contributed by atoms with van der Waals surface area (Å²) < 4.78 is 12.1. The van der Waals surface area contributed by atoms with Crippen molar-refractivity contribution >= 4 is 34.4 Å². The number of carbonyl (C=O) groups is 3. The van der Waals surface area contributed by atoms with E-state index in [9.17, 15) is 24.3 Å². The first-order chi connectivity index (χ1) is 20.6. The third-order valence-electron chi connectivity index (χ3n) is 9.67. The van der Waals surface area contributed by atoms with Crippen LogP contribution in [0.5, 0.6) is 0 Å². The van der Waals surface area contributed by atoms with Crippen molar-refractivity contribution < 1.29 is 28.6 Å². The molecule has 4 saturated carbocycles. The molecule has 3 aromatic rings. The Morgan fingerprint density at radius 2 is 2.00 bits per heavy atom. The van der Waals surface area contributed by atoms with Gasteiger partial charge in [0.2, 0.25) is 5.91 Å². The molecule has 4 unspecified atom stereocenters. The van der Waals surface area contributed by atoms with Crippen LogP contribution in [-0.4, -0.2) is 46.2 Å². The number of fused-ring (bicyclic) bond motifs is 1. The molecule has 3 N–H and O–H groups in total. The highest BCUT2D eigenvalue weighted by Crippen LogP contribution is 2.67. The van der Waals surface area contributed by atoms with Gasteiger partial charge in [0, 0.05) is 29.8 Å². The topological polar surface area (TPSA) is 140 Å². The molecule has 4 aliphatic rings. The molecule has 4 aliphatic carbocycles. The van der Waals surface area contributed by atoms with Crippen LogP contribution in [-0.2, 0) is 20.9 Å². The Morgan fingerprint density at radius 3 is 2.77 bits per heavy atom. The van der Waals surface area contributed by atoms with Crippen LogP contribution in [0.15, 0.2) is 64.0 Å². The van der Waals surface area contributed by atoms with Gasteiger partial charge in [-0.1, -0.05) is 24.3 Å². The van der Waals surface area contributed by atoms with Crippen LogP contribution in [0, 0.1) is 24.2 Å². The number of furan rings is 1. The minimum Gasteiger partial charge on any atom is -0.466 e. The number of carbonyl (C=O) groups excluding carboxylic acids is 3. The van der Waals surface area contributed by atoms with Crippen LogP contribution in [0.1, 0.15) is 61.1 Å². The molecule has 7 rings (SSSR count). The van der Waals surface area contributed by atoms with Gasteiger partial charge in [-0.3, -0.25) is 14.4 Å².